The van der Waals surface area contributed by atoms with Crippen LogP contribution < -0.4 is 26.0 Å². The lowest BCUT2D eigenvalue weighted by Gasteiger charge is -2.15. The van der Waals surface area contributed by atoms with Crippen molar-refractivity contribution in [1.82, 2.24) is 9.13 Å². The number of nitrogens with zero attached hydrogens (tertiary/aromatic N) is 2. The number of amides is 1. The summed E-state index contributed by atoms with van der Waals surface area (Å²) in [7, 11) is 2.92. The fourth-order valence-electron chi connectivity index (χ4n) is 3.04. The SMILES string of the molecule is CCn1c(=O)c2cc(OC)c(OC)cc2n(CC(=O)Nc2ccccc2)c1=O. The van der Waals surface area contributed by atoms with Crippen molar-refractivity contribution >= 4 is 22.5 Å². The molecule has 1 heterocycles. The van der Waals surface area contributed by atoms with E-state index in [0.29, 0.717) is 22.7 Å². The van der Waals surface area contributed by atoms with Gasteiger partial charge in [0.25, 0.3) is 5.56 Å². The van der Waals surface area contributed by atoms with Crippen molar-refractivity contribution in [2.45, 2.75) is 20.0 Å². The van der Waals surface area contributed by atoms with Crippen molar-refractivity contribution in [3.8, 4) is 11.5 Å². The van der Waals surface area contributed by atoms with Crippen LogP contribution in [0.5, 0.6) is 11.5 Å². The second-order valence-corrected chi connectivity index (χ2v) is 6.06. The highest BCUT2D eigenvalue weighted by atomic mass is 16.5. The van der Waals surface area contributed by atoms with Gasteiger partial charge in [0.1, 0.15) is 6.54 Å². The molecule has 0 bridgehead atoms. The third-order valence-electron chi connectivity index (χ3n) is 4.41. The lowest BCUT2D eigenvalue weighted by Crippen LogP contribution is -2.41. The van der Waals surface area contributed by atoms with Gasteiger partial charge in [-0.25, -0.2) is 4.79 Å². The molecule has 2 aromatic carbocycles. The van der Waals surface area contributed by atoms with Gasteiger partial charge in [0.15, 0.2) is 11.5 Å². The minimum absolute atomic E-state index is 0.183. The van der Waals surface area contributed by atoms with Crippen molar-refractivity contribution in [2.75, 3.05) is 19.5 Å². The number of hydrogen-bond donors (Lipinski definition) is 1. The van der Waals surface area contributed by atoms with Gasteiger partial charge in [-0.05, 0) is 25.1 Å². The monoisotopic (exact) mass is 383 g/mol. The number of benzene rings is 2. The lowest BCUT2D eigenvalue weighted by molar-refractivity contribution is -0.116. The molecule has 1 aromatic heterocycles. The fraction of sp³-hybridized carbons (Fsp3) is 0.250. The standard InChI is InChI=1S/C20H21N3O5/c1-4-22-19(25)14-10-16(27-2)17(28-3)11-15(14)23(20(22)26)12-18(24)21-13-8-6-5-7-9-13/h5-11H,4,12H2,1-3H3,(H,21,24). The molecule has 0 unspecified atom stereocenters. The van der Waals surface area contributed by atoms with Gasteiger partial charge in [0.2, 0.25) is 5.91 Å². The van der Waals surface area contributed by atoms with E-state index < -0.39 is 11.2 Å². The number of aromatic nitrogens is 2. The normalized spacial score (nSPS) is 10.7. The smallest absolute Gasteiger partial charge is 0.331 e. The predicted molar refractivity (Wildman–Crippen MR) is 106 cm³/mol. The molecule has 0 fully saturated rings. The highest BCUT2D eigenvalue weighted by molar-refractivity contribution is 5.92. The molecule has 0 spiro atoms. The van der Waals surface area contributed by atoms with E-state index in [-0.39, 0.29) is 24.4 Å². The molecule has 146 valence electrons. The number of hydrogen-bond acceptors (Lipinski definition) is 5. The Morgan fingerprint density at radius 3 is 2.25 bits per heavy atom. The third-order valence-corrected chi connectivity index (χ3v) is 4.41. The van der Waals surface area contributed by atoms with E-state index in [9.17, 15) is 14.4 Å². The summed E-state index contributed by atoms with van der Waals surface area (Å²) in [6.45, 7) is 1.63. The molecule has 3 aromatic rings. The summed E-state index contributed by atoms with van der Waals surface area (Å²) < 4.78 is 12.9. The summed E-state index contributed by atoms with van der Waals surface area (Å²) >= 11 is 0. The van der Waals surface area contributed by atoms with Gasteiger partial charge in [0.05, 0.1) is 25.1 Å². The maximum absolute atomic E-state index is 12.9. The molecule has 1 N–H and O–H groups in total. The Balaban J connectivity index is 2.15. The van der Waals surface area contributed by atoms with Crippen LogP contribution in [0.1, 0.15) is 6.92 Å². The van der Waals surface area contributed by atoms with Gasteiger partial charge in [-0.15, -0.1) is 0 Å². The first kappa shape index (κ1) is 19.2. The third kappa shape index (κ3) is 3.48. The number of carbonyl (C=O) groups excluding carboxylic acids is 1. The van der Waals surface area contributed by atoms with Gasteiger partial charge in [-0.3, -0.25) is 18.7 Å². The van der Waals surface area contributed by atoms with Crippen LogP contribution in [0.3, 0.4) is 0 Å². The van der Waals surface area contributed by atoms with E-state index in [1.165, 1.54) is 30.9 Å². The molecule has 28 heavy (non-hydrogen) atoms. The van der Waals surface area contributed by atoms with Crippen LogP contribution in [0, 0.1) is 0 Å². The number of fused-ring (bicyclic) bond motifs is 1. The topological polar surface area (TPSA) is 91.6 Å². The second kappa shape index (κ2) is 7.99. The highest BCUT2D eigenvalue weighted by Crippen LogP contribution is 2.30. The number of methoxy groups -OCH3 is 2. The molecule has 8 heteroatoms. The summed E-state index contributed by atoms with van der Waals surface area (Å²) in [6.07, 6.45) is 0. The summed E-state index contributed by atoms with van der Waals surface area (Å²) in [4.78, 5) is 38.1. The Morgan fingerprint density at radius 2 is 1.64 bits per heavy atom. The zero-order chi connectivity index (χ0) is 20.3. The fourth-order valence-corrected chi connectivity index (χ4v) is 3.04. The van der Waals surface area contributed by atoms with E-state index in [0.717, 1.165) is 4.57 Å². The minimum Gasteiger partial charge on any atom is -0.493 e. The molecule has 0 radical (unpaired) electrons. The minimum atomic E-state index is -0.560. The Bertz CT molecular complexity index is 1130. The van der Waals surface area contributed by atoms with Crippen molar-refractivity contribution in [3.63, 3.8) is 0 Å². The van der Waals surface area contributed by atoms with Gasteiger partial charge in [-0.2, -0.15) is 0 Å². The molecule has 8 nitrogen and oxygen atoms in total. The number of para-hydroxylation sites is 1. The maximum Gasteiger partial charge on any atom is 0.331 e. The van der Waals surface area contributed by atoms with E-state index in [2.05, 4.69) is 5.32 Å². The van der Waals surface area contributed by atoms with Crippen LogP contribution in [-0.2, 0) is 17.9 Å². The Morgan fingerprint density at radius 1 is 1.00 bits per heavy atom. The average Bonchev–Trinajstić information content (AvgIpc) is 2.71. The molecule has 1 amide bonds. The molecule has 0 aliphatic heterocycles. The zero-order valence-corrected chi connectivity index (χ0v) is 15.9. The first-order valence-corrected chi connectivity index (χ1v) is 8.74. The largest absolute Gasteiger partial charge is 0.493 e. The van der Waals surface area contributed by atoms with Crippen molar-refractivity contribution in [2.24, 2.45) is 0 Å². The number of nitrogens with one attached hydrogen (secondary N) is 1. The first-order chi connectivity index (χ1) is 13.5. The first-order valence-electron chi connectivity index (χ1n) is 8.74. The number of anilines is 1. The number of carbonyl (C=O) groups is 1. The van der Waals surface area contributed by atoms with E-state index >= 15 is 0 Å². The van der Waals surface area contributed by atoms with Gasteiger partial charge < -0.3 is 14.8 Å². The number of rotatable bonds is 6. The van der Waals surface area contributed by atoms with E-state index in [4.69, 9.17) is 9.47 Å². The number of ether oxygens (including phenoxy) is 2. The maximum atomic E-state index is 12.9. The highest BCUT2D eigenvalue weighted by Gasteiger charge is 2.18. The van der Waals surface area contributed by atoms with Crippen LogP contribution in [-0.4, -0.2) is 29.3 Å². The summed E-state index contributed by atoms with van der Waals surface area (Å²) in [5.74, 6) is 0.347. The van der Waals surface area contributed by atoms with E-state index in [1.54, 1.807) is 31.2 Å². The van der Waals surface area contributed by atoms with Crippen molar-refractivity contribution in [1.29, 1.82) is 0 Å². The molecule has 0 aliphatic rings. The quantitative estimate of drug-likeness (QED) is 0.701. The summed E-state index contributed by atoms with van der Waals surface area (Å²) in [5.41, 5.74) is -0.0768. The molecule has 0 atom stereocenters. The van der Waals surface area contributed by atoms with Gasteiger partial charge in [0, 0.05) is 18.3 Å². The average molecular weight is 383 g/mol. The molecule has 3 rings (SSSR count). The Kier molecular flexibility index (Phi) is 5.49. The molecule has 0 aliphatic carbocycles. The molecule has 0 saturated heterocycles. The van der Waals surface area contributed by atoms with Crippen LogP contribution in [0.15, 0.2) is 52.1 Å². The Hall–Kier alpha value is -3.55. The summed E-state index contributed by atoms with van der Waals surface area (Å²) in [6, 6.07) is 12.0. The van der Waals surface area contributed by atoms with Crippen molar-refractivity contribution < 1.29 is 14.3 Å². The molecular weight excluding hydrogens is 362 g/mol. The van der Waals surface area contributed by atoms with Crippen molar-refractivity contribution in [3.05, 3.63) is 63.3 Å². The second-order valence-electron chi connectivity index (χ2n) is 6.06. The Labute approximate surface area is 160 Å². The van der Waals surface area contributed by atoms with Crippen LogP contribution in [0.2, 0.25) is 0 Å². The molecular formula is C20H21N3O5. The van der Waals surface area contributed by atoms with Gasteiger partial charge >= 0.3 is 5.69 Å². The predicted octanol–water partition coefficient (Wildman–Crippen LogP) is 1.84. The molecule has 0 saturated carbocycles. The van der Waals surface area contributed by atoms with Crippen LogP contribution in [0.25, 0.3) is 10.9 Å². The summed E-state index contributed by atoms with van der Waals surface area (Å²) in [5, 5.41) is 3.01. The van der Waals surface area contributed by atoms with Crippen LogP contribution >= 0.6 is 0 Å². The lowest BCUT2D eigenvalue weighted by atomic mass is 10.2. The zero-order valence-electron chi connectivity index (χ0n) is 15.9. The van der Waals surface area contributed by atoms with Crippen LogP contribution in [0.4, 0.5) is 5.69 Å². The van der Waals surface area contributed by atoms with E-state index in [1.807, 2.05) is 6.07 Å². The van der Waals surface area contributed by atoms with Gasteiger partial charge in [-0.1, -0.05) is 18.2 Å².